The molecule has 0 N–H and O–H groups in total. The van der Waals surface area contributed by atoms with E-state index in [2.05, 4.69) is 20.5 Å². The van der Waals surface area contributed by atoms with Gasteiger partial charge in [-0.2, -0.15) is 9.90 Å². The third kappa shape index (κ3) is 3.35. The number of aryl methyl sites for hydroxylation is 1. The molecule has 0 saturated heterocycles. The number of aromatic nitrogens is 6. The summed E-state index contributed by atoms with van der Waals surface area (Å²) < 4.78 is 1.63. The molecule has 0 radical (unpaired) electrons. The normalized spacial score (nSPS) is 10.9. The van der Waals surface area contributed by atoms with Crippen molar-refractivity contribution >= 4 is 17.3 Å². The summed E-state index contributed by atoms with van der Waals surface area (Å²) in [5.74, 6) is 0.353. The summed E-state index contributed by atoms with van der Waals surface area (Å²) in [6.07, 6.45) is 1.60. The van der Waals surface area contributed by atoms with E-state index >= 15 is 0 Å². The second-order valence-electron chi connectivity index (χ2n) is 6.11. The van der Waals surface area contributed by atoms with E-state index in [0.29, 0.717) is 23.1 Å². The van der Waals surface area contributed by atoms with Gasteiger partial charge in [0.25, 0.3) is 5.69 Å². The number of nitro benzene ring substituents is 1. The minimum absolute atomic E-state index is 0.0337. The first-order valence-corrected chi connectivity index (χ1v) is 8.72. The number of tetrazole rings is 1. The van der Waals surface area contributed by atoms with Gasteiger partial charge in [-0.15, -0.1) is 10.2 Å². The van der Waals surface area contributed by atoms with Gasteiger partial charge in [0.15, 0.2) is 0 Å². The van der Waals surface area contributed by atoms with Crippen LogP contribution in [0.1, 0.15) is 11.1 Å². The Kier molecular flexibility index (Phi) is 4.58. The molecular formula is C18H14ClN7O2. The van der Waals surface area contributed by atoms with Crippen molar-refractivity contribution < 1.29 is 4.92 Å². The fourth-order valence-corrected chi connectivity index (χ4v) is 3.02. The lowest BCUT2D eigenvalue weighted by Crippen LogP contribution is -2.04. The molecule has 0 aliphatic heterocycles. The molecule has 140 valence electrons. The van der Waals surface area contributed by atoms with Crippen LogP contribution in [0.25, 0.3) is 17.1 Å². The number of hydrogen-bond donors (Lipinski definition) is 0. The van der Waals surface area contributed by atoms with Crippen molar-refractivity contribution in [3.05, 3.63) is 81.1 Å². The Morgan fingerprint density at radius 1 is 1.14 bits per heavy atom. The Labute approximate surface area is 164 Å². The van der Waals surface area contributed by atoms with Gasteiger partial charge in [0.2, 0.25) is 5.82 Å². The zero-order chi connectivity index (χ0) is 19.7. The van der Waals surface area contributed by atoms with E-state index in [9.17, 15) is 10.1 Å². The molecule has 0 atom stereocenters. The van der Waals surface area contributed by atoms with Crippen molar-refractivity contribution in [3.63, 3.8) is 0 Å². The molecule has 0 bridgehead atoms. The van der Waals surface area contributed by atoms with Crippen LogP contribution in [0.2, 0.25) is 5.15 Å². The van der Waals surface area contributed by atoms with E-state index in [1.807, 2.05) is 31.2 Å². The molecule has 10 heteroatoms. The molecule has 0 spiro atoms. The second-order valence-corrected chi connectivity index (χ2v) is 6.47. The maximum atomic E-state index is 10.7. The standard InChI is InChI=1S/C18H14ClN7O2/c1-12-4-2-3-5-16(12)25-17(19)15(10-20-25)18-21-23-24(22-18)11-13-6-8-14(9-7-13)26(27)28/h2-10H,11H2,1H3. The van der Waals surface area contributed by atoms with Crippen molar-refractivity contribution in [2.45, 2.75) is 13.5 Å². The number of halogens is 1. The first-order chi connectivity index (χ1) is 13.5. The molecule has 9 nitrogen and oxygen atoms in total. The van der Waals surface area contributed by atoms with Crippen LogP contribution in [0.15, 0.2) is 54.7 Å². The van der Waals surface area contributed by atoms with Gasteiger partial charge in [-0.3, -0.25) is 10.1 Å². The lowest BCUT2D eigenvalue weighted by atomic mass is 10.2. The maximum absolute atomic E-state index is 10.7. The zero-order valence-corrected chi connectivity index (χ0v) is 15.5. The number of nitrogens with zero attached hydrogens (tertiary/aromatic N) is 7. The van der Waals surface area contributed by atoms with Crippen molar-refractivity contribution in [3.8, 4) is 17.1 Å². The Bertz CT molecular complexity index is 1150. The molecule has 2 aromatic heterocycles. The van der Waals surface area contributed by atoms with E-state index in [0.717, 1.165) is 16.8 Å². The predicted molar refractivity (Wildman–Crippen MR) is 102 cm³/mol. The lowest BCUT2D eigenvalue weighted by molar-refractivity contribution is -0.384. The summed E-state index contributed by atoms with van der Waals surface area (Å²) in [5, 5.41) is 27.9. The molecule has 2 aromatic carbocycles. The van der Waals surface area contributed by atoms with Gasteiger partial charge < -0.3 is 0 Å². The van der Waals surface area contributed by atoms with Crippen molar-refractivity contribution in [2.75, 3.05) is 0 Å². The molecular weight excluding hydrogens is 382 g/mol. The van der Waals surface area contributed by atoms with Gasteiger partial charge in [-0.1, -0.05) is 41.9 Å². The number of non-ortho nitro benzene ring substituents is 1. The highest BCUT2D eigenvalue weighted by Crippen LogP contribution is 2.28. The van der Waals surface area contributed by atoms with Crippen LogP contribution >= 0.6 is 11.6 Å². The molecule has 2 heterocycles. The van der Waals surface area contributed by atoms with Crippen molar-refractivity contribution in [1.82, 2.24) is 30.0 Å². The van der Waals surface area contributed by atoms with Gasteiger partial charge in [0.1, 0.15) is 5.15 Å². The van der Waals surface area contributed by atoms with Gasteiger partial charge >= 0.3 is 0 Å². The molecule has 4 aromatic rings. The summed E-state index contributed by atoms with van der Waals surface area (Å²) in [5.41, 5.74) is 3.33. The van der Waals surface area contributed by atoms with Crippen LogP contribution < -0.4 is 0 Å². The number of hydrogen-bond acceptors (Lipinski definition) is 6. The summed E-state index contributed by atoms with van der Waals surface area (Å²) >= 11 is 6.50. The zero-order valence-electron chi connectivity index (χ0n) is 14.7. The average molecular weight is 396 g/mol. The third-order valence-corrected chi connectivity index (χ3v) is 4.58. The maximum Gasteiger partial charge on any atom is 0.269 e. The van der Waals surface area contributed by atoms with Gasteiger partial charge in [-0.05, 0) is 29.3 Å². The molecule has 0 aliphatic carbocycles. The molecule has 0 saturated carbocycles. The number of nitro groups is 1. The fraction of sp³-hybridized carbons (Fsp3) is 0.111. The Balaban J connectivity index is 1.58. The van der Waals surface area contributed by atoms with Crippen LogP contribution in [0.4, 0.5) is 5.69 Å². The highest BCUT2D eigenvalue weighted by molar-refractivity contribution is 6.32. The van der Waals surface area contributed by atoms with Crippen LogP contribution in [-0.4, -0.2) is 34.9 Å². The average Bonchev–Trinajstić information content (AvgIpc) is 3.29. The summed E-state index contributed by atoms with van der Waals surface area (Å²) in [4.78, 5) is 11.7. The quantitative estimate of drug-likeness (QED) is 0.378. The SMILES string of the molecule is Cc1ccccc1-n1ncc(-c2nnn(Cc3ccc([N+](=O)[O-])cc3)n2)c1Cl. The predicted octanol–water partition coefficient (Wildman–Crippen LogP) is 3.44. The number of rotatable bonds is 5. The van der Waals surface area contributed by atoms with Crippen LogP contribution in [0, 0.1) is 17.0 Å². The van der Waals surface area contributed by atoms with Crippen molar-refractivity contribution in [1.29, 1.82) is 0 Å². The summed E-state index contributed by atoms with van der Waals surface area (Å²) in [6.45, 7) is 2.31. The second kappa shape index (κ2) is 7.20. The Morgan fingerprint density at radius 2 is 1.89 bits per heavy atom. The highest BCUT2D eigenvalue weighted by atomic mass is 35.5. The first-order valence-electron chi connectivity index (χ1n) is 8.34. The van der Waals surface area contributed by atoms with Crippen molar-refractivity contribution in [2.24, 2.45) is 0 Å². The smallest absolute Gasteiger partial charge is 0.258 e. The molecule has 0 unspecified atom stereocenters. The molecule has 0 fully saturated rings. The lowest BCUT2D eigenvalue weighted by Gasteiger charge is -2.06. The Hall–Kier alpha value is -3.59. The molecule has 4 rings (SSSR count). The molecule has 0 amide bonds. The Morgan fingerprint density at radius 3 is 2.61 bits per heavy atom. The van der Waals surface area contributed by atoms with E-state index in [4.69, 9.17) is 11.6 Å². The summed E-state index contributed by atoms with van der Waals surface area (Å²) in [7, 11) is 0. The largest absolute Gasteiger partial charge is 0.269 e. The third-order valence-electron chi connectivity index (χ3n) is 4.22. The fourth-order valence-electron chi connectivity index (χ4n) is 2.76. The van der Waals surface area contributed by atoms with Gasteiger partial charge in [-0.25, -0.2) is 4.68 Å². The number of benzene rings is 2. The van der Waals surface area contributed by atoms with E-state index in [1.165, 1.54) is 16.9 Å². The summed E-state index contributed by atoms with van der Waals surface area (Å²) in [6, 6.07) is 14.0. The van der Waals surface area contributed by atoms with Crippen LogP contribution in [0.3, 0.4) is 0 Å². The topological polar surface area (TPSA) is 105 Å². The van der Waals surface area contributed by atoms with Crippen LogP contribution in [0.5, 0.6) is 0 Å². The molecule has 28 heavy (non-hydrogen) atoms. The number of para-hydroxylation sites is 1. The first kappa shape index (κ1) is 17.8. The molecule has 0 aliphatic rings. The van der Waals surface area contributed by atoms with E-state index < -0.39 is 4.92 Å². The minimum Gasteiger partial charge on any atom is -0.258 e. The monoisotopic (exact) mass is 395 g/mol. The van der Waals surface area contributed by atoms with E-state index in [1.54, 1.807) is 23.0 Å². The van der Waals surface area contributed by atoms with Gasteiger partial charge in [0, 0.05) is 12.1 Å². The highest BCUT2D eigenvalue weighted by Gasteiger charge is 2.17. The van der Waals surface area contributed by atoms with Crippen LogP contribution in [-0.2, 0) is 6.54 Å². The minimum atomic E-state index is -0.441. The van der Waals surface area contributed by atoms with E-state index in [-0.39, 0.29) is 5.69 Å². The van der Waals surface area contributed by atoms with Gasteiger partial charge in [0.05, 0.1) is 28.9 Å².